The number of hydrogen-bond donors (Lipinski definition) is 0. The van der Waals surface area contributed by atoms with E-state index in [1.807, 2.05) is 6.92 Å². The lowest BCUT2D eigenvalue weighted by Gasteiger charge is -2.12. The molecular formula is C9H16O3. The Morgan fingerprint density at radius 1 is 1.67 bits per heavy atom. The minimum absolute atomic E-state index is 0.0348. The molecule has 1 saturated heterocycles. The molecule has 1 heterocycles. The number of hydrogen-bond acceptors (Lipinski definition) is 3. The van der Waals surface area contributed by atoms with Gasteiger partial charge in [-0.05, 0) is 13.3 Å². The molecule has 3 unspecified atom stereocenters. The van der Waals surface area contributed by atoms with Gasteiger partial charge in [0.15, 0.2) is 0 Å². The van der Waals surface area contributed by atoms with Gasteiger partial charge in [-0.1, -0.05) is 6.92 Å². The highest BCUT2D eigenvalue weighted by atomic mass is 16.6. The molecule has 3 nitrogen and oxygen atoms in total. The van der Waals surface area contributed by atoms with Crippen LogP contribution in [0.25, 0.3) is 0 Å². The van der Waals surface area contributed by atoms with Gasteiger partial charge in [-0.2, -0.15) is 0 Å². The van der Waals surface area contributed by atoms with Crippen LogP contribution in [0.4, 0.5) is 0 Å². The second-order valence-corrected chi connectivity index (χ2v) is 3.26. The Balaban J connectivity index is 2.40. The maximum Gasteiger partial charge on any atom is 0.302 e. The molecule has 3 heteroatoms. The fourth-order valence-electron chi connectivity index (χ4n) is 1.52. The fraction of sp³-hybridized carbons (Fsp3) is 0.889. The highest BCUT2D eigenvalue weighted by Gasteiger charge is 2.33. The Labute approximate surface area is 73.0 Å². The van der Waals surface area contributed by atoms with Gasteiger partial charge in [0.1, 0.15) is 6.10 Å². The van der Waals surface area contributed by atoms with Gasteiger partial charge in [-0.25, -0.2) is 0 Å². The average Bonchev–Trinajstić information content (AvgIpc) is 2.31. The summed E-state index contributed by atoms with van der Waals surface area (Å²) in [5, 5.41) is 0. The van der Waals surface area contributed by atoms with E-state index in [4.69, 9.17) is 9.47 Å². The molecule has 0 amide bonds. The topological polar surface area (TPSA) is 35.5 Å². The van der Waals surface area contributed by atoms with Crippen LogP contribution in [0.1, 0.15) is 33.6 Å². The van der Waals surface area contributed by atoms with Gasteiger partial charge < -0.3 is 9.47 Å². The normalized spacial score (nSPS) is 35.1. The molecule has 3 atom stereocenters. The fourth-order valence-corrected chi connectivity index (χ4v) is 1.52. The van der Waals surface area contributed by atoms with E-state index in [-0.39, 0.29) is 24.3 Å². The van der Waals surface area contributed by atoms with E-state index in [1.54, 1.807) is 0 Å². The summed E-state index contributed by atoms with van der Waals surface area (Å²) in [7, 11) is 0. The molecule has 0 aromatic heterocycles. The van der Waals surface area contributed by atoms with E-state index in [1.165, 1.54) is 6.92 Å². The Kier molecular flexibility index (Phi) is 3.09. The number of carbonyl (C=O) groups excluding carboxylic acids is 1. The first-order valence-corrected chi connectivity index (χ1v) is 4.46. The van der Waals surface area contributed by atoms with Crippen molar-refractivity contribution in [1.29, 1.82) is 0 Å². The van der Waals surface area contributed by atoms with Crippen LogP contribution in [0.3, 0.4) is 0 Å². The Morgan fingerprint density at radius 2 is 2.33 bits per heavy atom. The van der Waals surface area contributed by atoms with Gasteiger partial charge >= 0.3 is 5.97 Å². The minimum Gasteiger partial charge on any atom is -0.460 e. The van der Waals surface area contributed by atoms with Gasteiger partial charge in [0, 0.05) is 13.3 Å². The summed E-state index contributed by atoms with van der Waals surface area (Å²) in [6, 6.07) is 0. The lowest BCUT2D eigenvalue weighted by molar-refractivity contribution is -0.148. The summed E-state index contributed by atoms with van der Waals surface area (Å²) < 4.78 is 10.6. The number of ether oxygens (including phenoxy) is 2. The van der Waals surface area contributed by atoms with Crippen molar-refractivity contribution in [3.8, 4) is 0 Å². The van der Waals surface area contributed by atoms with Crippen molar-refractivity contribution in [2.45, 2.75) is 51.9 Å². The van der Waals surface area contributed by atoms with Gasteiger partial charge in [0.05, 0.1) is 12.2 Å². The smallest absolute Gasteiger partial charge is 0.302 e. The first-order chi connectivity index (χ1) is 5.63. The molecule has 1 aliphatic rings. The third-order valence-corrected chi connectivity index (χ3v) is 2.20. The second-order valence-electron chi connectivity index (χ2n) is 3.26. The van der Waals surface area contributed by atoms with Crippen molar-refractivity contribution in [3.63, 3.8) is 0 Å². The predicted molar refractivity (Wildman–Crippen MR) is 44.8 cm³/mol. The maximum atomic E-state index is 10.7. The summed E-state index contributed by atoms with van der Waals surface area (Å²) >= 11 is 0. The molecule has 0 spiro atoms. The van der Waals surface area contributed by atoms with Crippen LogP contribution in [0, 0.1) is 0 Å². The lowest BCUT2D eigenvalue weighted by atomic mass is 10.1. The van der Waals surface area contributed by atoms with Crippen molar-refractivity contribution in [2.24, 2.45) is 0 Å². The minimum atomic E-state index is -0.216. The highest BCUT2D eigenvalue weighted by Crippen LogP contribution is 2.24. The van der Waals surface area contributed by atoms with Crippen LogP contribution in [0.2, 0.25) is 0 Å². The number of carbonyl (C=O) groups is 1. The molecule has 70 valence electrons. The molecule has 0 aromatic rings. The van der Waals surface area contributed by atoms with Crippen molar-refractivity contribution < 1.29 is 14.3 Å². The van der Waals surface area contributed by atoms with Gasteiger partial charge in [0.2, 0.25) is 0 Å². The largest absolute Gasteiger partial charge is 0.460 e. The van der Waals surface area contributed by atoms with E-state index in [0.29, 0.717) is 0 Å². The van der Waals surface area contributed by atoms with E-state index >= 15 is 0 Å². The lowest BCUT2D eigenvalue weighted by Crippen LogP contribution is -2.23. The van der Waals surface area contributed by atoms with Gasteiger partial charge in [-0.15, -0.1) is 0 Å². The second kappa shape index (κ2) is 3.90. The van der Waals surface area contributed by atoms with Crippen molar-refractivity contribution >= 4 is 5.97 Å². The molecule has 1 rings (SSSR count). The summed E-state index contributed by atoms with van der Waals surface area (Å²) in [5.74, 6) is -0.216. The summed E-state index contributed by atoms with van der Waals surface area (Å²) in [4.78, 5) is 10.7. The molecule has 0 bridgehead atoms. The summed E-state index contributed by atoms with van der Waals surface area (Å²) in [5.41, 5.74) is 0. The highest BCUT2D eigenvalue weighted by molar-refractivity contribution is 5.66. The molecule has 0 aliphatic carbocycles. The van der Waals surface area contributed by atoms with Gasteiger partial charge in [-0.3, -0.25) is 4.79 Å². The van der Waals surface area contributed by atoms with Crippen molar-refractivity contribution in [2.75, 3.05) is 0 Å². The Morgan fingerprint density at radius 3 is 2.75 bits per heavy atom. The maximum absolute atomic E-state index is 10.7. The first-order valence-electron chi connectivity index (χ1n) is 4.46. The van der Waals surface area contributed by atoms with Crippen LogP contribution in [-0.2, 0) is 14.3 Å². The molecule has 0 aromatic carbocycles. The Hall–Kier alpha value is -0.570. The van der Waals surface area contributed by atoms with E-state index in [0.717, 1.165) is 12.8 Å². The van der Waals surface area contributed by atoms with Crippen molar-refractivity contribution in [1.82, 2.24) is 0 Å². The third-order valence-electron chi connectivity index (χ3n) is 2.20. The standard InChI is InChI=1S/C9H16O3/c1-4-8-5-9(6(2)11-8)12-7(3)10/h6,8-9H,4-5H2,1-3H3. The van der Waals surface area contributed by atoms with Crippen LogP contribution in [0.5, 0.6) is 0 Å². The molecule has 12 heavy (non-hydrogen) atoms. The van der Waals surface area contributed by atoms with Crippen LogP contribution in [-0.4, -0.2) is 24.3 Å². The quantitative estimate of drug-likeness (QED) is 0.592. The zero-order chi connectivity index (χ0) is 9.14. The number of esters is 1. The summed E-state index contributed by atoms with van der Waals surface area (Å²) in [6.07, 6.45) is 2.12. The average molecular weight is 172 g/mol. The van der Waals surface area contributed by atoms with E-state index < -0.39 is 0 Å². The first kappa shape index (κ1) is 9.52. The van der Waals surface area contributed by atoms with Crippen LogP contribution in [0.15, 0.2) is 0 Å². The predicted octanol–water partition coefficient (Wildman–Crippen LogP) is 1.51. The Bertz CT molecular complexity index is 167. The van der Waals surface area contributed by atoms with Crippen LogP contribution >= 0.6 is 0 Å². The molecule has 1 aliphatic heterocycles. The van der Waals surface area contributed by atoms with Gasteiger partial charge in [0.25, 0.3) is 0 Å². The molecule has 0 N–H and O–H groups in total. The zero-order valence-corrected chi connectivity index (χ0v) is 7.87. The third kappa shape index (κ3) is 2.21. The summed E-state index contributed by atoms with van der Waals surface area (Å²) in [6.45, 7) is 5.46. The SMILES string of the molecule is CCC1CC(OC(C)=O)C(C)O1. The molecule has 0 saturated carbocycles. The monoisotopic (exact) mass is 172 g/mol. The van der Waals surface area contributed by atoms with E-state index in [9.17, 15) is 4.79 Å². The molecule has 0 radical (unpaired) electrons. The zero-order valence-electron chi connectivity index (χ0n) is 7.87. The van der Waals surface area contributed by atoms with Crippen LogP contribution < -0.4 is 0 Å². The van der Waals surface area contributed by atoms with E-state index in [2.05, 4.69) is 6.92 Å². The number of rotatable bonds is 2. The molecule has 1 fully saturated rings. The molecular weight excluding hydrogens is 156 g/mol. The van der Waals surface area contributed by atoms with Crippen molar-refractivity contribution in [3.05, 3.63) is 0 Å².